The van der Waals surface area contributed by atoms with E-state index in [9.17, 15) is 0 Å². The molecule has 0 amide bonds. The molecule has 0 saturated heterocycles. The molecule has 0 spiro atoms. The Kier molecular flexibility index (Phi) is 6.80. The molecule has 226 valence electrons. The van der Waals surface area contributed by atoms with Crippen LogP contribution >= 0.6 is 0 Å². The van der Waals surface area contributed by atoms with Crippen molar-refractivity contribution < 1.29 is 4.42 Å². The third-order valence-electron chi connectivity index (χ3n) is 9.05. The Morgan fingerprint density at radius 3 is 1.69 bits per heavy atom. The Balaban J connectivity index is 1.09. The monoisotopic (exact) mass is 614 g/mol. The van der Waals surface area contributed by atoms with Gasteiger partial charge in [0.25, 0.3) is 0 Å². The minimum atomic E-state index is 0.626. The maximum absolute atomic E-state index is 6.47. The second-order valence-electron chi connectivity index (χ2n) is 12.1. The number of rotatable bonds is 6. The van der Waals surface area contributed by atoms with Crippen LogP contribution in [0.25, 0.3) is 66.4 Å². The average Bonchev–Trinajstić information content (AvgIpc) is 3.60. The number of fused-ring (bicyclic) bond motifs is 3. The lowest BCUT2D eigenvalue weighted by molar-refractivity contribution is 0.621. The van der Waals surface area contributed by atoms with E-state index in [0.29, 0.717) is 5.89 Å². The second-order valence-corrected chi connectivity index (χ2v) is 12.1. The van der Waals surface area contributed by atoms with Crippen LogP contribution in [-0.2, 0) is 0 Å². The van der Waals surface area contributed by atoms with Gasteiger partial charge in [0.15, 0.2) is 5.58 Å². The maximum atomic E-state index is 6.47. The number of benzene rings is 8. The molecule has 9 aromatic rings. The van der Waals surface area contributed by atoms with Gasteiger partial charge in [0.1, 0.15) is 5.52 Å². The van der Waals surface area contributed by atoms with E-state index in [1.165, 1.54) is 32.7 Å². The lowest BCUT2D eigenvalue weighted by Crippen LogP contribution is -2.09. The van der Waals surface area contributed by atoms with E-state index in [4.69, 9.17) is 9.40 Å². The lowest BCUT2D eigenvalue weighted by atomic mass is 10.00. The van der Waals surface area contributed by atoms with E-state index < -0.39 is 0 Å². The molecule has 8 aromatic carbocycles. The first kappa shape index (κ1) is 27.8. The Hall–Kier alpha value is -6.45. The SMILES string of the molecule is c1ccc(N(c2ccc(-c3cccc4nc(-c5ccc6ccccc6c5)oc34)cc2)c2cccc(-c3ccc4ccccc4c3)c2)cc1. The smallest absolute Gasteiger partial charge is 0.227 e. The molecule has 1 aromatic heterocycles. The van der Waals surface area contributed by atoms with E-state index in [1.54, 1.807) is 0 Å². The van der Waals surface area contributed by atoms with Crippen molar-refractivity contribution in [1.82, 2.24) is 4.98 Å². The fourth-order valence-electron chi connectivity index (χ4n) is 6.63. The van der Waals surface area contributed by atoms with Crippen LogP contribution in [0, 0.1) is 0 Å². The molecule has 1 heterocycles. The summed E-state index contributed by atoms with van der Waals surface area (Å²) in [5, 5.41) is 4.85. The fraction of sp³-hybridized carbons (Fsp3) is 0. The van der Waals surface area contributed by atoms with Gasteiger partial charge >= 0.3 is 0 Å². The summed E-state index contributed by atoms with van der Waals surface area (Å²) in [4.78, 5) is 7.18. The van der Waals surface area contributed by atoms with E-state index in [0.717, 1.165) is 44.9 Å². The molecular weight excluding hydrogens is 585 g/mol. The fourth-order valence-corrected chi connectivity index (χ4v) is 6.63. The van der Waals surface area contributed by atoms with Crippen molar-refractivity contribution in [2.75, 3.05) is 4.90 Å². The average molecular weight is 615 g/mol. The standard InChI is InChI=1S/C45H30N2O/c1-2-15-39(16-3-1)47(41-17-8-14-36(30-41)37-22-20-31-10-4-6-12-34(31)28-37)40-26-24-33(25-27-40)42-18-9-19-43-44(42)48-45(46-43)38-23-21-32-11-5-7-13-35(32)29-38/h1-30H. The van der Waals surface area contributed by atoms with Crippen LogP contribution in [0.2, 0.25) is 0 Å². The molecule has 3 heteroatoms. The summed E-state index contributed by atoms with van der Waals surface area (Å²) >= 11 is 0. The number of hydrogen-bond acceptors (Lipinski definition) is 3. The topological polar surface area (TPSA) is 29.3 Å². The van der Waals surface area contributed by atoms with Crippen molar-refractivity contribution in [2.24, 2.45) is 0 Å². The van der Waals surface area contributed by atoms with Crippen molar-refractivity contribution in [3.05, 3.63) is 182 Å². The predicted octanol–water partition coefficient (Wildman–Crippen LogP) is 12.6. The quantitative estimate of drug-likeness (QED) is 0.187. The zero-order chi connectivity index (χ0) is 31.9. The van der Waals surface area contributed by atoms with Crippen molar-refractivity contribution in [1.29, 1.82) is 0 Å². The molecule has 0 fully saturated rings. The van der Waals surface area contributed by atoms with Crippen LogP contribution in [0.1, 0.15) is 0 Å². The van der Waals surface area contributed by atoms with Crippen molar-refractivity contribution in [2.45, 2.75) is 0 Å². The maximum Gasteiger partial charge on any atom is 0.227 e. The first-order valence-corrected chi connectivity index (χ1v) is 16.2. The van der Waals surface area contributed by atoms with Crippen molar-refractivity contribution in [3.63, 3.8) is 0 Å². The van der Waals surface area contributed by atoms with Gasteiger partial charge in [0.05, 0.1) is 0 Å². The molecule has 9 rings (SSSR count). The summed E-state index contributed by atoms with van der Waals surface area (Å²) in [5.74, 6) is 0.626. The number of anilines is 3. The largest absolute Gasteiger partial charge is 0.435 e. The van der Waals surface area contributed by atoms with Crippen LogP contribution in [0.5, 0.6) is 0 Å². The van der Waals surface area contributed by atoms with Gasteiger partial charge in [0, 0.05) is 28.2 Å². The number of nitrogens with zero attached hydrogens (tertiary/aromatic N) is 2. The van der Waals surface area contributed by atoms with Gasteiger partial charge in [-0.2, -0.15) is 0 Å². The first-order chi connectivity index (χ1) is 23.8. The van der Waals surface area contributed by atoms with Gasteiger partial charge in [-0.25, -0.2) is 4.98 Å². The number of aromatic nitrogens is 1. The van der Waals surface area contributed by atoms with E-state index in [1.807, 2.05) is 12.1 Å². The van der Waals surface area contributed by atoms with Crippen molar-refractivity contribution in [3.8, 4) is 33.7 Å². The van der Waals surface area contributed by atoms with E-state index in [2.05, 4.69) is 175 Å². The zero-order valence-electron chi connectivity index (χ0n) is 26.1. The van der Waals surface area contributed by atoms with Crippen molar-refractivity contribution >= 4 is 49.7 Å². The molecule has 0 N–H and O–H groups in total. The Labute approximate surface area is 279 Å². The second kappa shape index (κ2) is 11.7. The Morgan fingerprint density at radius 1 is 0.375 bits per heavy atom. The summed E-state index contributed by atoms with van der Waals surface area (Å²) in [7, 11) is 0. The van der Waals surface area contributed by atoms with E-state index >= 15 is 0 Å². The number of hydrogen-bond donors (Lipinski definition) is 0. The highest BCUT2D eigenvalue weighted by atomic mass is 16.3. The highest BCUT2D eigenvalue weighted by Gasteiger charge is 2.16. The molecule has 0 radical (unpaired) electrons. The zero-order valence-corrected chi connectivity index (χ0v) is 26.1. The number of oxazole rings is 1. The van der Waals surface area contributed by atoms with Gasteiger partial charge in [-0.05, 0) is 98.9 Å². The number of para-hydroxylation sites is 2. The molecule has 0 bridgehead atoms. The third kappa shape index (κ3) is 5.08. The summed E-state index contributed by atoms with van der Waals surface area (Å²) in [6, 6.07) is 64.1. The molecule has 3 nitrogen and oxygen atoms in total. The van der Waals surface area contributed by atoms with Crippen LogP contribution in [-0.4, -0.2) is 4.98 Å². The van der Waals surface area contributed by atoms with Gasteiger partial charge in [0.2, 0.25) is 5.89 Å². The molecule has 0 unspecified atom stereocenters. The summed E-state index contributed by atoms with van der Waals surface area (Å²) < 4.78 is 6.47. The summed E-state index contributed by atoms with van der Waals surface area (Å²) in [6.07, 6.45) is 0. The van der Waals surface area contributed by atoms with Gasteiger partial charge in [-0.1, -0.05) is 121 Å². The lowest BCUT2D eigenvalue weighted by Gasteiger charge is -2.26. The highest BCUT2D eigenvalue weighted by molar-refractivity contribution is 5.94. The van der Waals surface area contributed by atoms with Crippen LogP contribution in [0.4, 0.5) is 17.1 Å². The van der Waals surface area contributed by atoms with Gasteiger partial charge in [-0.3, -0.25) is 0 Å². The molecule has 48 heavy (non-hydrogen) atoms. The van der Waals surface area contributed by atoms with Gasteiger partial charge in [-0.15, -0.1) is 0 Å². The minimum absolute atomic E-state index is 0.626. The predicted molar refractivity (Wildman–Crippen MR) is 200 cm³/mol. The van der Waals surface area contributed by atoms with Crippen LogP contribution < -0.4 is 4.90 Å². The summed E-state index contributed by atoms with van der Waals surface area (Å²) in [5.41, 5.74) is 10.3. The molecular formula is C45H30N2O. The summed E-state index contributed by atoms with van der Waals surface area (Å²) in [6.45, 7) is 0. The first-order valence-electron chi connectivity index (χ1n) is 16.2. The Morgan fingerprint density at radius 2 is 0.938 bits per heavy atom. The molecule has 0 aliphatic heterocycles. The van der Waals surface area contributed by atoms with Crippen LogP contribution in [0.3, 0.4) is 0 Å². The molecule has 0 atom stereocenters. The van der Waals surface area contributed by atoms with Gasteiger partial charge < -0.3 is 9.32 Å². The van der Waals surface area contributed by atoms with E-state index in [-0.39, 0.29) is 0 Å². The molecule has 0 aliphatic rings. The molecule has 0 aliphatic carbocycles. The highest BCUT2D eigenvalue weighted by Crippen LogP contribution is 2.39. The third-order valence-corrected chi connectivity index (χ3v) is 9.05. The normalized spacial score (nSPS) is 11.3. The van der Waals surface area contributed by atoms with Crippen LogP contribution in [0.15, 0.2) is 186 Å². The Bertz CT molecular complexity index is 2570. The minimum Gasteiger partial charge on any atom is -0.435 e. The molecule has 0 saturated carbocycles.